The molecule has 1 fully saturated rings. The summed E-state index contributed by atoms with van der Waals surface area (Å²) in [5, 5.41) is 15.0. The van der Waals surface area contributed by atoms with Gasteiger partial charge in [0.25, 0.3) is 0 Å². The number of aromatic nitrogens is 5. The molecule has 3 rings (SSSR count). The van der Waals surface area contributed by atoms with Crippen molar-refractivity contribution >= 4 is 5.95 Å². The predicted octanol–water partition coefficient (Wildman–Crippen LogP) is 0.702. The lowest BCUT2D eigenvalue weighted by atomic mass is 10.1. The molecule has 2 N–H and O–H groups in total. The molecule has 108 valence electrons. The summed E-state index contributed by atoms with van der Waals surface area (Å²) in [6, 6.07) is 0.616. The number of H-pyrrole nitrogens is 1. The topological polar surface area (TPSA) is 74.7 Å². The van der Waals surface area contributed by atoms with Crippen LogP contribution in [0, 0.1) is 6.92 Å². The first-order chi connectivity index (χ1) is 9.69. The van der Waals surface area contributed by atoms with E-state index in [0.29, 0.717) is 6.04 Å². The van der Waals surface area contributed by atoms with E-state index >= 15 is 0 Å². The van der Waals surface area contributed by atoms with Crippen LogP contribution < -0.4 is 10.2 Å². The van der Waals surface area contributed by atoms with Gasteiger partial charge in [-0.3, -0.25) is 9.78 Å². The van der Waals surface area contributed by atoms with Gasteiger partial charge < -0.3 is 10.2 Å². The Morgan fingerprint density at radius 1 is 1.35 bits per heavy atom. The lowest BCUT2D eigenvalue weighted by Gasteiger charge is -2.30. The first kappa shape index (κ1) is 13.1. The van der Waals surface area contributed by atoms with Crippen LogP contribution in [0.5, 0.6) is 0 Å². The Balaban J connectivity index is 1.76. The van der Waals surface area contributed by atoms with Crippen molar-refractivity contribution in [3.63, 3.8) is 0 Å². The molecule has 0 saturated carbocycles. The van der Waals surface area contributed by atoms with Gasteiger partial charge in [0, 0.05) is 31.9 Å². The number of hydrogen-bond donors (Lipinski definition) is 2. The minimum absolute atomic E-state index is 0.616. The maximum Gasteiger partial charge on any atom is 0.245 e. The van der Waals surface area contributed by atoms with Gasteiger partial charge >= 0.3 is 0 Å². The zero-order chi connectivity index (χ0) is 14.1. The molecule has 0 amide bonds. The van der Waals surface area contributed by atoms with Crippen LogP contribution in [0.15, 0.2) is 6.20 Å². The minimum atomic E-state index is 0.616. The van der Waals surface area contributed by atoms with Gasteiger partial charge in [0.1, 0.15) is 0 Å². The molecule has 1 aliphatic rings. The Labute approximate surface area is 118 Å². The van der Waals surface area contributed by atoms with Gasteiger partial charge in [-0.15, -0.1) is 5.10 Å². The lowest BCUT2D eigenvalue weighted by Crippen LogP contribution is -2.41. The smallest absolute Gasteiger partial charge is 0.245 e. The number of piperidine rings is 1. The SMILES string of the molecule is CNC1CCN(c2n[nH]c(-c3cnn(C)c3C)n2)CC1. The molecule has 0 aromatic carbocycles. The van der Waals surface area contributed by atoms with Crippen molar-refractivity contribution in [2.24, 2.45) is 7.05 Å². The fourth-order valence-corrected chi connectivity index (χ4v) is 2.61. The molecule has 3 heterocycles. The van der Waals surface area contributed by atoms with Crippen molar-refractivity contribution in [1.29, 1.82) is 0 Å². The summed E-state index contributed by atoms with van der Waals surface area (Å²) in [7, 11) is 3.95. The van der Waals surface area contributed by atoms with Gasteiger partial charge in [0.05, 0.1) is 11.8 Å². The molecule has 2 aromatic heterocycles. The van der Waals surface area contributed by atoms with Crippen molar-refractivity contribution < 1.29 is 0 Å². The van der Waals surface area contributed by atoms with Crippen LogP contribution in [0.1, 0.15) is 18.5 Å². The molecule has 0 bridgehead atoms. The van der Waals surface area contributed by atoms with E-state index in [9.17, 15) is 0 Å². The number of aryl methyl sites for hydroxylation is 1. The molecule has 0 spiro atoms. The highest BCUT2D eigenvalue weighted by Gasteiger charge is 2.21. The highest BCUT2D eigenvalue weighted by Crippen LogP contribution is 2.22. The van der Waals surface area contributed by atoms with Gasteiger partial charge in [0.2, 0.25) is 5.95 Å². The van der Waals surface area contributed by atoms with E-state index in [1.807, 2.05) is 31.9 Å². The van der Waals surface area contributed by atoms with Crippen LogP contribution >= 0.6 is 0 Å². The van der Waals surface area contributed by atoms with Crippen LogP contribution in [0.3, 0.4) is 0 Å². The monoisotopic (exact) mass is 275 g/mol. The van der Waals surface area contributed by atoms with E-state index in [1.165, 1.54) is 0 Å². The van der Waals surface area contributed by atoms with Gasteiger partial charge in [-0.2, -0.15) is 10.1 Å². The fraction of sp³-hybridized carbons (Fsp3) is 0.615. The van der Waals surface area contributed by atoms with Crippen molar-refractivity contribution in [3.8, 4) is 11.4 Å². The number of rotatable bonds is 3. The number of hydrogen-bond acceptors (Lipinski definition) is 5. The summed E-state index contributed by atoms with van der Waals surface area (Å²) in [6.07, 6.45) is 4.09. The summed E-state index contributed by atoms with van der Waals surface area (Å²) < 4.78 is 1.84. The second kappa shape index (κ2) is 5.24. The lowest BCUT2D eigenvalue weighted by molar-refractivity contribution is 0.439. The van der Waals surface area contributed by atoms with Crippen molar-refractivity contribution in [2.75, 3.05) is 25.0 Å². The normalized spacial score (nSPS) is 16.9. The molecule has 20 heavy (non-hydrogen) atoms. The zero-order valence-corrected chi connectivity index (χ0v) is 12.2. The van der Waals surface area contributed by atoms with Gasteiger partial charge in [-0.25, -0.2) is 0 Å². The van der Waals surface area contributed by atoms with Crippen LogP contribution in [-0.4, -0.2) is 51.1 Å². The summed E-state index contributed by atoms with van der Waals surface area (Å²) in [4.78, 5) is 6.85. The van der Waals surface area contributed by atoms with Crippen LogP contribution in [0.25, 0.3) is 11.4 Å². The molecular weight excluding hydrogens is 254 g/mol. The second-order valence-corrected chi connectivity index (χ2v) is 5.30. The van der Waals surface area contributed by atoms with E-state index in [0.717, 1.165) is 49.0 Å². The average Bonchev–Trinajstić information content (AvgIpc) is 3.08. The Hall–Kier alpha value is -1.89. The maximum atomic E-state index is 4.61. The van der Waals surface area contributed by atoms with E-state index in [-0.39, 0.29) is 0 Å². The second-order valence-electron chi connectivity index (χ2n) is 5.30. The van der Waals surface area contributed by atoms with Crippen LogP contribution in [0.2, 0.25) is 0 Å². The first-order valence-corrected chi connectivity index (χ1v) is 7.02. The summed E-state index contributed by atoms with van der Waals surface area (Å²) >= 11 is 0. The molecule has 1 saturated heterocycles. The largest absolute Gasteiger partial charge is 0.339 e. The number of nitrogens with zero attached hydrogens (tertiary/aromatic N) is 5. The van der Waals surface area contributed by atoms with E-state index in [1.54, 1.807) is 0 Å². The Morgan fingerprint density at radius 2 is 2.10 bits per heavy atom. The number of aromatic amines is 1. The Bertz CT molecular complexity index is 577. The van der Waals surface area contributed by atoms with E-state index in [4.69, 9.17) is 0 Å². The molecule has 0 aliphatic carbocycles. The van der Waals surface area contributed by atoms with Crippen molar-refractivity contribution in [2.45, 2.75) is 25.8 Å². The zero-order valence-electron chi connectivity index (χ0n) is 12.2. The molecule has 0 atom stereocenters. The third-order valence-electron chi connectivity index (χ3n) is 4.15. The minimum Gasteiger partial charge on any atom is -0.339 e. The molecule has 2 aromatic rings. The molecule has 7 nitrogen and oxygen atoms in total. The quantitative estimate of drug-likeness (QED) is 0.862. The number of anilines is 1. The average molecular weight is 275 g/mol. The Kier molecular flexibility index (Phi) is 3.43. The van der Waals surface area contributed by atoms with Gasteiger partial charge in [0.15, 0.2) is 5.82 Å². The van der Waals surface area contributed by atoms with E-state index in [2.05, 4.69) is 30.5 Å². The molecular formula is C13H21N7. The summed E-state index contributed by atoms with van der Waals surface area (Å²) in [6.45, 7) is 4.02. The fourth-order valence-electron chi connectivity index (χ4n) is 2.61. The van der Waals surface area contributed by atoms with Crippen molar-refractivity contribution in [3.05, 3.63) is 11.9 Å². The maximum absolute atomic E-state index is 4.61. The van der Waals surface area contributed by atoms with Gasteiger partial charge in [-0.1, -0.05) is 0 Å². The summed E-state index contributed by atoms with van der Waals surface area (Å²) in [5.74, 6) is 1.58. The first-order valence-electron chi connectivity index (χ1n) is 7.02. The molecule has 1 aliphatic heterocycles. The molecule has 0 radical (unpaired) electrons. The summed E-state index contributed by atoms with van der Waals surface area (Å²) in [5.41, 5.74) is 2.10. The van der Waals surface area contributed by atoms with E-state index < -0.39 is 0 Å². The molecule has 0 unspecified atom stereocenters. The van der Waals surface area contributed by atoms with Crippen molar-refractivity contribution in [1.82, 2.24) is 30.3 Å². The third-order valence-corrected chi connectivity index (χ3v) is 4.15. The molecule has 7 heteroatoms. The number of nitrogens with one attached hydrogen (secondary N) is 2. The van der Waals surface area contributed by atoms with Crippen LogP contribution in [0.4, 0.5) is 5.95 Å². The highest BCUT2D eigenvalue weighted by molar-refractivity contribution is 5.58. The predicted molar refractivity (Wildman–Crippen MR) is 77.6 cm³/mol. The Morgan fingerprint density at radius 3 is 2.70 bits per heavy atom. The standard InChI is InChI=1S/C13H21N7/c1-9-11(8-15-19(9)3)12-16-13(18-17-12)20-6-4-10(14-2)5-7-20/h8,10,14H,4-7H2,1-3H3,(H,16,17,18). The third kappa shape index (κ3) is 2.29. The van der Waals surface area contributed by atoms with Crippen LogP contribution in [-0.2, 0) is 7.05 Å². The highest BCUT2D eigenvalue weighted by atomic mass is 15.4. The van der Waals surface area contributed by atoms with Gasteiger partial charge in [-0.05, 0) is 26.8 Å².